The standard InChI is InChI=1S/C22H19ClN2O3/c1-15(26)16-7-10-18(11-8-16)24-14-22(27)25-20-13-17(23)9-12-21(20)28-19-5-3-2-4-6-19/h2-13,24H,14H2,1H3,(H,25,27). The average Bonchev–Trinajstić information content (AvgIpc) is 2.69. The molecule has 28 heavy (non-hydrogen) atoms. The van der Waals surface area contributed by atoms with Crippen molar-refractivity contribution in [2.75, 3.05) is 17.2 Å². The molecule has 3 aromatic rings. The van der Waals surface area contributed by atoms with Gasteiger partial charge in [-0.15, -0.1) is 0 Å². The maximum Gasteiger partial charge on any atom is 0.243 e. The van der Waals surface area contributed by atoms with Crippen molar-refractivity contribution >= 4 is 34.7 Å². The molecule has 0 saturated carbocycles. The zero-order chi connectivity index (χ0) is 19.9. The highest BCUT2D eigenvalue weighted by molar-refractivity contribution is 6.31. The summed E-state index contributed by atoms with van der Waals surface area (Å²) in [4.78, 5) is 23.7. The number of carbonyl (C=O) groups excluding carboxylic acids is 2. The maximum absolute atomic E-state index is 12.4. The van der Waals surface area contributed by atoms with Crippen molar-refractivity contribution < 1.29 is 14.3 Å². The third kappa shape index (κ3) is 5.34. The molecule has 0 heterocycles. The maximum atomic E-state index is 12.4. The molecule has 0 radical (unpaired) electrons. The molecule has 0 spiro atoms. The number of ketones is 1. The summed E-state index contributed by atoms with van der Waals surface area (Å²) in [6.45, 7) is 1.56. The molecular formula is C22H19ClN2O3. The van der Waals surface area contributed by atoms with Gasteiger partial charge in [-0.2, -0.15) is 0 Å². The molecule has 0 aliphatic heterocycles. The van der Waals surface area contributed by atoms with Gasteiger partial charge in [0, 0.05) is 16.3 Å². The number of para-hydroxylation sites is 1. The van der Waals surface area contributed by atoms with Crippen molar-refractivity contribution in [2.24, 2.45) is 0 Å². The highest BCUT2D eigenvalue weighted by Crippen LogP contribution is 2.32. The number of Topliss-reactive ketones (excluding diaryl/α,β-unsaturated/α-hetero) is 1. The van der Waals surface area contributed by atoms with Crippen LogP contribution in [0.25, 0.3) is 0 Å². The van der Waals surface area contributed by atoms with Gasteiger partial charge in [0.2, 0.25) is 5.91 Å². The van der Waals surface area contributed by atoms with Crippen LogP contribution >= 0.6 is 11.6 Å². The minimum atomic E-state index is -0.254. The fourth-order valence-corrected chi connectivity index (χ4v) is 2.68. The Bertz CT molecular complexity index is 973. The lowest BCUT2D eigenvalue weighted by Gasteiger charge is -2.13. The van der Waals surface area contributed by atoms with Crippen molar-refractivity contribution in [1.29, 1.82) is 0 Å². The van der Waals surface area contributed by atoms with E-state index in [0.29, 0.717) is 27.8 Å². The number of anilines is 2. The zero-order valence-electron chi connectivity index (χ0n) is 15.2. The summed E-state index contributed by atoms with van der Waals surface area (Å²) in [6.07, 6.45) is 0. The highest BCUT2D eigenvalue weighted by Gasteiger charge is 2.10. The number of amides is 1. The molecule has 0 atom stereocenters. The Kier molecular flexibility index (Phi) is 6.29. The first-order valence-electron chi connectivity index (χ1n) is 8.68. The Labute approximate surface area is 168 Å². The minimum Gasteiger partial charge on any atom is -0.455 e. The fourth-order valence-electron chi connectivity index (χ4n) is 2.50. The summed E-state index contributed by atoms with van der Waals surface area (Å²) in [7, 11) is 0. The molecule has 3 aromatic carbocycles. The molecule has 5 nitrogen and oxygen atoms in total. The second-order valence-electron chi connectivity index (χ2n) is 6.09. The average molecular weight is 395 g/mol. The van der Waals surface area contributed by atoms with Crippen LogP contribution < -0.4 is 15.4 Å². The molecule has 0 aliphatic carbocycles. The van der Waals surface area contributed by atoms with Crippen LogP contribution in [-0.2, 0) is 4.79 Å². The summed E-state index contributed by atoms with van der Waals surface area (Å²) in [5.74, 6) is 0.894. The number of carbonyl (C=O) groups is 2. The largest absolute Gasteiger partial charge is 0.455 e. The van der Waals surface area contributed by atoms with E-state index in [2.05, 4.69) is 10.6 Å². The summed E-state index contributed by atoms with van der Waals surface area (Å²) in [5, 5.41) is 6.31. The Morgan fingerprint density at radius 3 is 2.36 bits per heavy atom. The van der Waals surface area contributed by atoms with Crippen molar-refractivity contribution in [2.45, 2.75) is 6.92 Å². The quantitative estimate of drug-likeness (QED) is 0.527. The second-order valence-corrected chi connectivity index (χ2v) is 6.53. The summed E-state index contributed by atoms with van der Waals surface area (Å²) in [5.41, 5.74) is 1.85. The second kappa shape index (κ2) is 9.06. The fraction of sp³-hybridized carbons (Fsp3) is 0.0909. The van der Waals surface area contributed by atoms with Gasteiger partial charge in [0.05, 0.1) is 12.2 Å². The summed E-state index contributed by atoms with van der Waals surface area (Å²) < 4.78 is 5.84. The van der Waals surface area contributed by atoms with Gasteiger partial charge in [0.25, 0.3) is 0 Å². The SMILES string of the molecule is CC(=O)c1ccc(NCC(=O)Nc2cc(Cl)ccc2Oc2ccccc2)cc1. The highest BCUT2D eigenvalue weighted by atomic mass is 35.5. The normalized spacial score (nSPS) is 10.2. The lowest BCUT2D eigenvalue weighted by Crippen LogP contribution is -2.22. The smallest absolute Gasteiger partial charge is 0.243 e. The molecule has 0 unspecified atom stereocenters. The monoisotopic (exact) mass is 394 g/mol. The minimum absolute atomic E-state index is 0.00352. The Balaban J connectivity index is 1.64. The van der Waals surface area contributed by atoms with Crippen molar-refractivity contribution in [3.8, 4) is 11.5 Å². The van der Waals surface area contributed by atoms with Crippen LogP contribution in [0.5, 0.6) is 11.5 Å². The van der Waals surface area contributed by atoms with Gasteiger partial charge in [-0.25, -0.2) is 0 Å². The van der Waals surface area contributed by atoms with E-state index in [4.69, 9.17) is 16.3 Å². The van der Waals surface area contributed by atoms with E-state index in [0.717, 1.165) is 5.69 Å². The lowest BCUT2D eigenvalue weighted by atomic mass is 10.1. The van der Waals surface area contributed by atoms with Gasteiger partial charge < -0.3 is 15.4 Å². The molecule has 0 saturated heterocycles. The Morgan fingerprint density at radius 1 is 0.964 bits per heavy atom. The van der Waals surface area contributed by atoms with Gasteiger partial charge in [0.1, 0.15) is 5.75 Å². The number of hydrogen-bond donors (Lipinski definition) is 2. The molecule has 142 valence electrons. The number of hydrogen-bond acceptors (Lipinski definition) is 4. The van der Waals surface area contributed by atoms with Gasteiger partial charge in [-0.3, -0.25) is 9.59 Å². The first kappa shape index (κ1) is 19.5. The molecule has 0 fully saturated rings. The Hall–Kier alpha value is -3.31. The molecule has 0 bridgehead atoms. The Morgan fingerprint density at radius 2 is 1.68 bits per heavy atom. The number of ether oxygens (including phenoxy) is 1. The molecule has 0 aliphatic rings. The third-order valence-electron chi connectivity index (χ3n) is 3.93. The predicted octanol–water partition coefficient (Wildman–Crippen LogP) is 5.39. The van der Waals surface area contributed by atoms with Crippen LogP contribution in [0.2, 0.25) is 5.02 Å². The predicted molar refractivity (Wildman–Crippen MR) is 112 cm³/mol. The van der Waals surface area contributed by atoms with Gasteiger partial charge >= 0.3 is 0 Å². The number of rotatable bonds is 7. The molecule has 0 aromatic heterocycles. The van der Waals surface area contributed by atoms with E-state index in [1.54, 1.807) is 42.5 Å². The first-order chi connectivity index (χ1) is 13.5. The van der Waals surface area contributed by atoms with Gasteiger partial charge in [0.15, 0.2) is 11.5 Å². The molecular weight excluding hydrogens is 376 g/mol. The number of halogens is 1. The first-order valence-corrected chi connectivity index (χ1v) is 9.06. The molecule has 1 amide bonds. The van der Waals surface area contributed by atoms with Crippen LogP contribution in [0, 0.1) is 0 Å². The van der Waals surface area contributed by atoms with Crippen molar-refractivity contribution in [3.05, 3.63) is 83.4 Å². The van der Waals surface area contributed by atoms with Crippen molar-refractivity contribution in [3.63, 3.8) is 0 Å². The van der Waals surface area contributed by atoms with E-state index < -0.39 is 0 Å². The summed E-state index contributed by atoms with van der Waals surface area (Å²) in [6, 6.07) is 21.3. The van der Waals surface area contributed by atoms with E-state index in [9.17, 15) is 9.59 Å². The molecule has 2 N–H and O–H groups in total. The van der Waals surface area contributed by atoms with Gasteiger partial charge in [-0.05, 0) is 61.5 Å². The topological polar surface area (TPSA) is 67.4 Å². The third-order valence-corrected chi connectivity index (χ3v) is 4.17. The van der Waals surface area contributed by atoms with E-state index in [-0.39, 0.29) is 18.2 Å². The number of benzene rings is 3. The molecule has 6 heteroatoms. The van der Waals surface area contributed by atoms with Gasteiger partial charge in [-0.1, -0.05) is 29.8 Å². The van der Waals surface area contributed by atoms with Crippen LogP contribution in [0.1, 0.15) is 17.3 Å². The van der Waals surface area contributed by atoms with Crippen LogP contribution in [0.15, 0.2) is 72.8 Å². The van der Waals surface area contributed by atoms with E-state index >= 15 is 0 Å². The van der Waals surface area contributed by atoms with E-state index in [1.165, 1.54) is 6.92 Å². The van der Waals surface area contributed by atoms with Crippen LogP contribution in [0.3, 0.4) is 0 Å². The number of nitrogens with one attached hydrogen (secondary N) is 2. The van der Waals surface area contributed by atoms with Crippen molar-refractivity contribution in [1.82, 2.24) is 0 Å². The van der Waals surface area contributed by atoms with Crippen LogP contribution in [0.4, 0.5) is 11.4 Å². The van der Waals surface area contributed by atoms with E-state index in [1.807, 2.05) is 30.3 Å². The lowest BCUT2D eigenvalue weighted by molar-refractivity contribution is -0.114. The summed E-state index contributed by atoms with van der Waals surface area (Å²) >= 11 is 6.07. The molecule has 3 rings (SSSR count). The zero-order valence-corrected chi connectivity index (χ0v) is 16.0. The van der Waals surface area contributed by atoms with Crippen LogP contribution in [-0.4, -0.2) is 18.2 Å².